The number of para-hydroxylation sites is 1. The number of pyridine rings is 1. The first-order valence-electron chi connectivity index (χ1n) is 26.8. The number of nitrogens with zero attached hydrogens (tertiary/aromatic N) is 8. The summed E-state index contributed by atoms with van der Waals surface area (Å²) in [4.78, 5) is 44.4. The Labute approximate surface area is 447 Å². The molecule has 76 heavy (non-hydrogen) atoms. The third kappa shape index (κ3) is 12.2. The minimum absolute atomic E-state index is 0.00195. The van der Waals surface area contributed by atoms with Gasteiger partial charge in [0.05, 0.1) is 46.1 Å². The zero-order valence-electron chi connectivity index (χ0n) is 43.6. The molecular formula is C57H69FN10O7S. The zero-order valence-corrected chi connectivity index (χ0v) is 44.4. The molecule has 402 valence electrons. The fraction of sp³-hybridized carbons (Fsp3) is 0.491. The lowest BCUT2D eigenvalue weighted by molar-refractivity contribution is -0.141. The number of amides is 2. The number of rotatable bonds is 18. The second-order valence-corrected chi connectivity index (χ2v) is 22.3. The van der Waals surface area contributed by atoms with Gasteiger partial charge in [0, 0.05) is 94.4 Å². The number of aliphatic hydroxyl groups is 1. The van der Waals surface area contributed by atoms with Crippen LogP contribution in [0.15, 0.2) is 89.0 Å². The van der Waals surface area contributed by atoms with Crippen LogP contribution in [0.25, 0.3) is 21.7 Å². The predicted octanol–water partition coefficient (Wildman–Crippen LogP) is 8.39. The van der Waals surface area contributed by atoms with Crippen molar-refractivity contribution in [1.82, 2.24) is 40.4 Å². The van der Waals surface area contributed by atoms with Gasteiger partial charge in [0.2, 0.25) is 17.7 Å². The lowest BCUT2D eigenvalue weighted by Crippen LogP contribution is -2.48. The van der Waals surface area contributed by atoms with Crippen LogP contribution in [-0.2, 0) is 20.7 Å². The second kappa shape index (κ2) is 23.4. The van der Waals surface area contributed by atoms with Gasteiger partial charge in [0.15, 0.2) is 17.4 Å². The van der Waals surface area contributed by atoms with Gasteiger partial charge in [-0.1, -0.05) is 55.4 Å². The lowest BCUT2D eigenvalue weighted by Gasteiger charge is -2.41. The Kier molecular flexibility index (Phi) is 16.3. The number of aromatic hydroxyl groups is 1. The van der Waals surface area contributed by atoms with Gasteiger partial charge >= 0.3 is 0 Å². The predicted molar refractivity (Wildman–Crippen MR) is 287 cm³/mol. The van der Waals surface area contributed by atoms with Crippen molar-refractivity contribution in [2.24, 2.45) is 11.8 Å². The molecule has 4 aromatic heterocycles. The number of phenols is 1. The number of anilines is 2. The van der Waals surface area contributed by atoms with E-state index in [1.807, 2.05) is 63.5 Å². The minimum Gasteiger partial charge on any atom is -0.507 e. The number of phenolic OH excluding ortho intramolecular Hbond substituents is 1. The number of aryl methyl sites for hydroxylation is 1. The molecule has 2 aromatic carbocycles. The molecule has 1 aliphatic carbocycles. The highest BCUT2D eigenvalue weighted by atomic mass is 32.1. The quantitative estimate of drug-likeness (QED) is 0.0635. The fourth-order valence-corrected chi connectivity index (χ4v) is 12.1. The highest BCUT2D eigenvalue weighted by Crippen LogP contribution is 2.37. The molecular weight excluding hydrogens is 988 g/mol. The topological polar surface area (TPSA) is 218 Å². The number of benzene rings is 2. The van der Waals surface area contributed by atoms with E-state index >= 15 is 4.39 Å². The first-order chi connectivity index (χ1) is 36.7. The molecule has 6 aromatic rings. The van der Waals surface area contributed by atoms with Gasteiger partial charge in [-0.15, -0.1) is 21.5 Å². The Morgan fingerprint density at radius 2 is 1.68 bits per heavy atom. The van der Waals surface area contributed by atoms with Gasteiger partial charge < -0.3 is 50.0 Å². The molecule has 4 aliphatic rings. The zero-order chi connectivity index (χ0) is 53.0. The van der Waals surface area contributed by atoms with Crippen LogP contribution >= 0.6 is 11.3 Å². The van der Waals surface area contributed by atoms with Crippen LogP contribution in [0.3, 0.4) is 0 Å². The summed E-state index contributed by atoms with van der Waals surface area (Å²) in [6, 6.07) is 20.6. The average Bonchev–Trinajstić information content (AvgIpc) is 4.18. The molecule has 5 atom stereocenters. The standard InChI is InChI=1S/C57H69FN10O7S/c1-33(2)53(57(72)68-31-40(69)25-48(68)56(71)62-34(3)38-9-11-39(12-10-38)54-35(4)61-32-76-54)50-29-51(65-75-50)67-21-14-36(15-22-67)30-66-19-16-41(17-20-66)73-42-26-43(27-42)74-52-24-37(13-18-60-52)23-46(58)45-28-47(63-64-55(45)59)44-7-5-6-8-49(44)70/h5-13,18,24,28-29,32-34,36,40-43,46,48,53,69-70H,14-17,19-23,25-27,30-31H2,1-4H3,(H2,59,64)(H,62,71)/t34-,40+,42-,43-,46-,48-,53+/m0/s1. The van der Waals surface area contributed by atoms with E-state index in [1.54, 1.807) is 53.9 Å². The number of thiazole rings is 1. The molecule has 3 aliphatic heterocycles. The van der Waals surface area contributed by atoms with Crippen molar-refractivity contribution in [3.63, 3.8) is 0 Å². The Hall–Kier alpha value is -6.54. The molecule has 19 heteroatoms. The number of ether oxygens (including phenoxy) is 2. The van der Waals surface area contributed by atoms with Crippen LogP contribution in [-0.4, -0.2) is 127 Å². The van der Waals surface area contributed by atoms with Gasteiger partial charge in [0.1, 0.15) is 30.0 Å². The number of aliphatic hydroxyl groups excluding tert-OH is 1. The monoisotopic (exact) mass is 1060 g/mol. The maximum absolute atomic E-state index is 15.7. The third-order valence-electron chi connectivity index (χ3n) is 15.7. The van der Waals surface area contributed by atoms with Crippen molar-refractivity contribution in [1.29, 1.82) is 0 Å². The highest BCUT2D eigenvalue weighted by Gasteiger charge is 2.44. The Bertz CT molecular complexity index is 2940. The highest BCUT2D eigenvalue weighted by molar-refractivity contribution is 7.13. The van der Waals surface area contributed by atoms with E-state index in [0.717, 1.165) is 98.8 Å². The number of carbonyl (C=O) groups is 2. The number of β-amino-alcohol motifs (C(OH)–C–C–N with tert-alkyl or cyclic N) is 1. The van der Waals surface area contributed by atoms with E-state index in [0.29, 0.717) is 34.4 Å². The molecule has 2 amide bonds. The number of alkyl halides is 1. The van der Waals surface area contributed by atoms with Crippen LogP contribution < -0.4 is 20.7 Å². The van der Waals surface area contributed by atoms with Crippen LogP contribution in [0.4, 0.5) is 16.0 Å². The normalized spacial score (nSPS) is 21.8. The van der Waals surface area contributed by atoms with E-state index in [1.165, 1.54) is 11.0 Å². The molecule has 7 heterocycles. The molecule has 0 bridgehead atoms. The number of piperidine rings is 2. The summed E-state index contributed by atoms with van der Waals surface area (Å²) < 4.78 is 34.4. The van der Waals surface area contributed by atoms with Crippen LogP contribution in [0, 0.1) is 18.8 Å². The van der Waals surface area contributed by atoms with Gasteiger partial charge in [0.25, 0.3) is 0 Å². The number of halogens is 1. The van der Waals surface area contributed by atoms with Crippen molar-refractivity contribution < 1.29 is 38.2 Å². The van der Waals surface area contributed by atoms with E-state index < -0.39 is 24.2 Å². The van der Waals surface area contributed by atoms with E-state index in [2.05, 4.69) is 40.4 Å². The summed E-state index contributed by atoms with van der Waals surface area (Å²) in [6.45, 7) is 12.6. The summed E-state index contributed by atoms with van der Waals surface area (Å²) in [7, 11) is 0. The maximum atomic E-state index is 15.7. The van der Waals surface area contributed by atoms with Crippen molar-refractivity contribution in [3.05, 3.63) is 113 Å². The summed E-state index contributed by atoms with van der Waals surface area (Å²) in [5, 5.41) is 36.6. The van der Waals surface area contributed by atoms with E-state index in [-0.39, 0.29) is 78.6 Å². The fourth-order valence-electron chi connectivity index (χ4n) is 11.2. The molecule has 10 rings (SSSR count). The summed E-state index contributed by atoms with van der Waals surface area (Å²) in [5.74, 6) is 0.881. The molecule has 0 unspecified atom stereocenters. The number of hydrogen-bond acceptors (Lipinski definition) is 16. The lowest BCUT2D eigenvalue weighted by atomic mass is 9.91. The molecule has 5 N–H and O–H groups in total. The molecule has 1 saturated carbocycles. The molecule has 3 saturated heterocycles. The van der Waals surface area contributed by atoms with E-state index in [4.69, 9.17) is 19.7 Å². The number of likely N-dealkylation sites (tertiary alicyclic amines) is 2. The summed E-state index contributed by atoms with van der Waals surface area (Å²) in [6.07, 6.45) is 5.48. The number of nitrogens with one attached hydrogen (secondary N) is 1. The van der Waals surface area contributed by atoms with Gasteiger partial charge in [-0.3, -0.25) is 9.59 Å². The third-order valence-corrected chi connectivity index (χ3v) is 16.7. The summed E-state index contributed by atoms with van der Waals surface area (Å²) in [5.41, 5.74) is 12.6. The summed E-state index contributed by atoms with van der Waals surface area (Å²) >= 11 is 1.59. The van der Waals surface area contributed by atoms with E-state index in [9.17, 15) is 19.8 Å². The van der Waals surface area contributed by atoms with Gasteiger partial charge in [-0.2, -0.15) is 0 Å². The molecule has 0 radical (unpaired) electrons. The van der Waals surface area contributed by atoms with Crippen molar-refractivity contribution in [2.75, 3.05) is 49.9 Å². The molecule has 4 fully saturated rings. The van der Waals surface area contributed by atoms with Crippen LogP contribution in [0.2, 0.25) is 0 Å². The smallest absolute Gasteiger partial charge is 0.243 e. The average molecular weight is 1060 g/mol. The van der Waals surface area contributed by atoms with Crippen molar-refractivity contribution in [2.45, 2.75) is 128 Å². The number of aromatic nitrogens is 5. The maximum Gasteiger partial charge on any atom is 0.243 e. The molecule has 0 spiro atoms. The number of carbonyl (C=O) groups excluding carboxylic acids is 2. The largest absolute Gasteiger partial charge is 0.507 e. The van der Waals surface area contributed by atoms with Crippen LogP contribution in [0.5, 0.6) is 11.6 Å². The Balaban J connectivity index is 0.639. The Morgan fingerprint density at radius 1 is 0.921 bits per heavy atom. The first-order valence-corrected chi connectivity index (χ1v) is 27.7. The van der Waals surface area contributed by atoms with Crippen molar-refractivity contribution in [3.8, 4) is 33.3 Å². The minimum atomic E-state index is -1.46. The van der Waals surface area contributed by atoms with Gasteiger partial charge in [-0.05, 0) is 92.3 Å². The Morgan fingerprint density at radius 3 is 2.41 bits per heavy atom. The SMILES string of the molecule is Cc1ncsc1-c1ccc([C@H](C)NC(=O)[C@@H]2C[C@@H](O)CN2C(=O)[C@@H](c2cc(N3CCC(CN4CCC(O[C@H]5C[C@H](Oc6cc(C[C@H](F)c7cc(-c8ccccc8O)nnc7N)ccn6)C5)CC4)CC3)no2)C(C)C)cc1. The van der Waals surface area contributed by atoms with Gasteiger partial charge in [-0.25, -0.2) is 14.4 Å². The number of hydrogen-bond donors (Lipinski definition) is 4. The molecule has 17 nitrogen and oxygen atoms in total. The first kappa shape index (κ1) is 52.9. The second-order valence-electron chi connectivity index (χ2n) is 21.5. The number of nitrogen functional groups attached to an aromatic ring is 1. The van der Waals surface area contributed by atoms with Crippen LogP contribution in [0.1, 0.15) is 112 Å². The van der Waals surface area contributed by atoms with Crippen molar-refractivity contribution >= 4 is 34.8 Å². The number of nitrogens with two attached hydrogens (primary N) is 1.